The van der Waals surface area contributed by atoms with Crippen LogP contribution in [0.4, 0.5) is 5.88 Å². The normalized spacial score (nSPS) is 15.4. The van der Waals surface area contributed by atoms with E-state index in [1.165, 1.54) is 12.8 Å². The molecule has 0 amide bonds. The smallest absolute Gasteiger partial charge is 0.196 e. The van der Waals surface area contributed by atoms with Gasteiger partial charge in [-0.05, 0) is 31.2 Å². The molecule has 0 atom stereocenters. The van der Waals surface area contributed by atoms with Crippen LogP contribution < -0.4 is 4.90 Å². The Labute approximate surface area is 96.4 Å². The van der Waals surface area contributed by atoms with Crippen LogP contribution >= 0.6 is 0 Å². The van der Waals surface area contributed by atoms with E-state index in [2.05, 4.69) is 18.7 Å². The molecule has 1 heterocycles. The van der Waals surface area contributed by atoms with Gasteiger partial charge in [-0.25, -0.2) is 0 Å². The van der Waals surface area contributed by atoms with E-state index in [0.29, 0.717) is 17.7 Å². The first kappa shape index (κ1) is 11.2. The summed E-state index contributed by atoms with van der Waals surface area (Å²) in [5.41, 5.74) is 0. The second kappa shape index (κ2) is 4.73. The minimum Gasteiger partial charge on any atom is -0.438 e. The molecule has 88 valence electrons. The van der Waals surface area contributed by atoms with Gasteiger partial charge in [-0.1, -0.05) is 13.8 Å². The molecule has 2 rings (SSSR count). The number of carbonyl (C=O) groups is 1. The van der Waals surface area contributed by atoms with E-state index in [0.717, 1.165) is 25.1 Å². The molecule has 1 aliphatic carbocycles. The van der Waals surface area contributed by atoms with E-state index < -0.39 is 0 Å². The van der Waals surface area contributed by atoms with Crippen LogP contribution in [0, 0.1) is 5.92 Å². The zero-order valence-corrected chi connectivity index (χ0v) is 9.98. The van der Waals surface area contributed by atoms with Gasteiger partial charge >= 0.3 is 0 Å². The lowest BCUT2D eigenvalue weighted by Gasteiger charge is -2.22. The van der Waals surface area contributed by atoms with Gasteiger partial charge in [0.2, 0.25) is 0 Å². The van der Waals surface area contributed by atoms with Crippen molar-refractivity contribution in [1.29, 1.82) is 0 Å². The first-order valence-corrected chi connectivity index (χ1v) is 6.02. The predicted molar refractivity (Wildman–Crippen MR) is 63.9 cm³/mol. The molecule has 1 saturated carbocycles. The minimum absolute atomic E-state index is 0.421. The van der Waals surface area contributed by atoms with Gasteiger partial charge in [0, 0.05) is 18.7 Å². The quantitative estimate of drug-likeness (QED) is 0.692. The van der Waals surface area contributed by atoms with Gasteiger partial charge in [0.15, 0.2) is 17.9 Å². The van der Waals surface area contributed by atoms with Crippen molar-refractivity contribution in [2.75, 3.05) is 11.4 Å². The number of carbonyl (C=O) groups excluding carboxylic acids is 1. The lowest BCUT2D eigenvalue weighted by atomic mass is 10.1. The van der Waals surface area contributed by atoms with Gasteiger partial charge in [-0.15, -0.1) is 0 Å². The summed E-state index contributed by atoms with van der Waals surface area (Å²) in [5, 5.41) is 0. The van der Waals surface area contributed by atoms with Crippen LogP contribution in [0.5, 0.6) is 0 Å². The summed E-state index contributed by atoms with van der Waals surface area (Å²) < 4.78 is 5.49. The maximum Gasteiger partial charge on any atom is 0.196 e. The molecule has 0 bridgehead atoms. The highest BCUT2D eigenvalue weighted by molar-refractivity contribution is 5.71. The molecule has 16 heavy (non-hydrogen) atoms. The molecule has 1 aromatic rings. The number of furan rings is 1. The Hall–Kier alpha value is -1.25. The standard InChI is InChI=1S/C13H19NO2/c1-10(2)7-8-14(11-3-4-11)13-6-5-12(9-15)16-13/h5-6,9-11H,3-4,7-8H2,1-2H3. The summed E-state index contributed by atoms with van der Waals surface area (Å²) in [6, 6.07) is 4.28. The van der Waals surface area contributed by atoms with Crippen LogP contribution in [0.3, 0.4) is 0 Å². The number of nitrogens with zero attached hydrogens (tertiary/aromatic N) is 1. The van der Waals surface area contributed by atoms with Crippen molar-refractivity contribution in [1.82, 2.24) is 0 Å². The van der Waals surface area contributed by atoms with Crippen molar-refractivity contribution in [3.8, 4) is 0 Å². The molecule has 0 unspecified atom stereocenters. The highest BCUT2D eigenvalue weighted by Crippen LogP contribution is 2.32. The molecule has 0 radical (unpaired) electrons. The van der Waals surface area contributed by atoms with E-state index in [1.54, 1.807) is 6.07 Å². The lowest BCUT2D eigenvalue weighted by Crippen LogP contribution is -2.27. The summed E-state index contributed by atoms with van der Waals surface area (Å²) in [6.07, 6.45) is 4.41. The van der Waals surface area contributed by atoms with Gasteiger partial charge in [-0.2, -0.15) is 0 Å². The SMILES string of the molecule is CC(C)CCN(c1ccc(C=O)o1)C1CC1. The highest BCUT2D eigenvalue weighted by Gasteiger charge is 2.30. The topological polar surface area (TPSA) is 33.5 Å². The van der Waals surface area contributed by atoms with Crippen molar-refractivity contribution in [3.05, 3.63) is 17.9 Å². The predicted octanol–water partition coefficient (Wildman–Crippen LogP) is 3.11. The molecule has 0 N–H and O–H groups in total. The molecule has 0 saturated heterocycles. The van der Waals surface area contributed by atoms with E-state index >= 15 is 0 Å². The highest BCUT2D eigenvalue weighted by atomic mass is 16.4. The van der Waals surface area contributed by atoms with E-state index in [9.17, 15) is 4.79 Å². The minimum atomic E-state index is 0.421. The molecule has 3 nitrogen and oxygen atoms in total. The van der Waals surface area contributed by atoms with Gasteiger partial charge in [0.25, 0.3) is 0 Å². The van der Waals surface area contributed by atoms with Crippen molar-refractivity contribution in [2.45, 2.75) is 39.2 Å². The van der Waals surface area contributed by atoms with E-state index in [4.69, 9.17) is 4.42 Å². The fourth-order valence-electron chi connectivity index (χ4n) is 1.82. The first-order chi connectivity index (χ1) is 7.70. The largest absolute Gasteiger partial charge is 0.438 e. The number of anilines is 1. The third kappa shape index (κ3) is 2.65. The third-order valence-electron chi connectivity index (χ3n) is 2.95. The Bertz CT molecular complexity index is 353. The number of aldehydes is 1. The van der Waals surface area contributed by atoms with Crippen molar-refractivity contribution >= 4 is 12.2 Å². The Kier molecular flexibility index (Phi) is 3.32. The number of hydrogen-bond acceptors (Lipinski definition) is 3. The maximum atomic E-state index is 10.6. The van der Waals surface area contributed by atoms with Crippen LogP contribution in [0.15, 0.2) is 16.5 Å². The summed E-state index contributed by atoms with van der Waals surface area (Å²) in [5.74, 6) is 1.97. The molecule has 1 fully saturated rings. The molecule has 3 heteroatoms. The zero-order valence-electron chi connectivity index (χ0n) is 9.98. The fourth-order valence-corrected chi connectivity index (χ4v) is 1.82. The van der Waals surface area contributed by atoms with Crippen molar-refractivity contribution in [2.24, 2.45) is 5.92 Å². The second-order valence-corrected chi connectivity index (χ2v) is 4.90. The zero-order chi connectivity index (χ0) is 11.5. The number of rotatable bonds is 6. The summed E-state index contributed by atoms with van der Waals surface area (Å²) in [7, 11) is 0. The molecule has 1 aromatic heterocycles. The summed E-state index contributed by atoms with van der Waals surface area (Å²) >= 11 is 0. The molecular formula is C13H19NO2. The van der Waals surface area contributed by atoms with Crippen LogP contribution in [0.25, 0.3) is 0 Å². The van der Waals surface area contributed by atoms with Crippen LogP contribution in [0.2, 0.25) is 0 Å². The van der Waals surface area contributed by atoms with Crippen LogP contribution in [-0.4, -0.2) is 18.9 Å². The van der Waals surface area contributed by atoms with Crippen molar-refractivity contribution < 1.29 is 9.21 Å². The molecule has 0 spiro atoms. The first-order valence-electron chi connectivity index (χ1n) is 6.02. The lowest BCUT2D eigenvalue weighted by molar-refractivity contribution is 0.110. The Morgan fingerprint density at radius 3 is 2.75 bits per heavy atom. The summed E-state index contributed by atoms with van der Waals surface area (Å²) in [4.78, 5) is 12.9. The van der Waals surface area contributed by atoms with Crippen LogP contribution in [0.1, 0.15) is 43.7 Å². The Morgan fingerprint density at radius 1 is 1.50 bits per heavy atom. The van der Waals surface area contributed by atoms with Crippen LogP contribution in [-0.2, 0) is 0 Å². The van der Waals surface area contributed by atoms with Gasteiger partial charge < -0.3 is 9.32 Å². The Morgan fingerprint density at radius 2 is 2.25 bits per heavy atom. The van der Waals surface area contributed by atoms with E-state index in [-0.39, 0.29) is 0 Å². The van der Waals surface area contributed by atoms with Gasteiger partial charge in [-0.3, -0.25) is 4.79 Å². The maximum absolute atomic E-state index is 10.6. The molecule has 1 aliphatic rings. The van der Waals surface area contributed by atoms with Gasteiger partial charge in [0.1, 0.15) is 0 Å². The average molecular weight is 221 g/mol. The van der Waals surface area contributed by atoms with E-state index in [1.807, 2.05) is 6.07 Å². The fraction of sp³-hybridized carbons (Fsp3) is 0.615. The molecular weight excluding hydrogens is 202 g/mol. The average Bonchev–Trinajstić information content (AvgIpc) is 2.96. The monoisotopic (exact) mass is 221 g/mol. The summed E-state index contributed by atoms with van der Waals surface area (Å²) in [6.45, 7) is 5.47. The third-order valence-corrected chi connectivity index (χ3v) is 2.95. The molecule has 0 aromatic carbocycles. The Balaban J connectivity index is 2.03. The second-order valence-electron chi connectivity index (χ2n) is 4.90. The van der Waals surface area contributed by atoms with Gasteiger partial charge in [0.05, 0.1) is 0 Å². The van der Waals surface area contributed by atoms with Crippen molar-refractivity contribution in [3.63, 3.8) is 0 Å². The number of hydrogen-bond donors (Lipinski definition) is 0. The molecule has 0 aliphatic heterocycles.